The fourth-order valence-electron chi connectivity index (χ4n) is 2.07. The molecule has 0 aliphatic carbocycles. The van der Waals surface area contributed by atoms with Crippen LogP contribution in [0, 0.1) is 17.4 Å². The highest BCUT2D eigenvalue weighted by Crippen LogP contribution is 2.18. The standard InChI is InChI=1S/C17H16ClIN2O3/c1-10-5-11(2)7-13(6-10)24-9-16(22)20-21-17(23)14-8-12(18)3-4-15(14)19/h3-8H,9H2,1-2H3,(H,20,22)(H,21,23). The van der Waals surface area contributed by atoms with Gasteiger partial charge in [-0.05, 0) is 77.9 Å². The first-order chi connectivity index (χ1) is 11.3. The number of amides is 2. The van der Waals surface area contributed by atoms with Crippen molar-refractivity contribution < 1.29 is 14.3 Å². The fourth-order valence-corrected chi connectivity index (χ4v) is 2.82. The number of carbonyl (C=O) groups is 2. The first kappa shape index (κ1) is 18.5. The van der Waals surface area contributed by atoms with Crippen LogP contribution in [0.15, 0.2) is 36.4 Å². The molecule has 0 fully saturated rings. The number of halogens is 2. The third-order valence-corrected chi connectivity index (χ3v) is 4.23. The van der Waals surface area contributed by atoms with Gasteiger partial charge in [-0.2, -0.15) is 0 Å². The van der Waals surface area contributed by atoms with Crippen LogP contribution in [0.3, 0.4) is 0 Å². The number of carbonyl (C=O) groups excluding carboxylic acids is 2. The molecule has 126 valence electrons. The number of nitrogens with one attached hydrogen (secondary N) is 2. The molecule has 0 saturated heterocycles. The van der Waals surface area contributed by atoms with Crippen molar-refractivity contribution >= 4 is 46.0 Å². The average Bonchev–Trinajstić information content (AvgIpc) is 2.52. The fraction of sp³-hybridized carbons (Fsp3) is 0.176. The number of hydrogen-bond donors (Lipinski definition) is 2. The Kier molecular flexibility index (Phi) is 6.44. The van der Waals surface area contributed by atoms with Crippen molar-refractivity contribution in [2.24, 2.45) is 0 Å². The Morgan fingerprint density at radius 2 is 1.75 bits per heavy atom. The maximum absolute atomic E-state index is 12.1. The molecule has 24 heavy (non-hydrogen) atoms. The molecular weight excluding hydrogens is 443 g/mol. The van der Waals surface area contributed by atoms with Crippen molar-refractivity contribution in [3.05, 3.63) is 61.7 Å². The van der Waals surface area contributed by atoms with Crippen molar-refractivity contribution in [3.63, 3.8) is 0 Å². The van der Waals surface area contributed by atoms with E-state index in [4.69, 9.17) is 16.3 Å². The molecule has 0 heterocycles. The molecule has 0 aliphatic heterocycles. The predicted molar refractivity (Wildman–Crippen MR) is 101 cm³/mol. The van der Waals surface area contributed by atoms with Gasteiger partial charge in [-0.1, -0.05) is 17.7 Å². The van der Waals surface area contributed by atoms with Crippen LogP contribution in [-0.2, 0) is 4.79 Å². The number of aryl methyl sites for hydroxylation is 2. The maximum Gasteiger partial charge on any atom is 0.276 e. The van der Waals surface area contributed by atoms with Crippen LogP contribution in [-0.4, -0.2) is 18.4 Å². The number of benzene rings is 2. The Morgan fingerprint density at radius 3 is 2.42 bits per heavy atom. The predicted octanol–water partition coefficient (Wildman–Crippen LogP) is 3.40. The highest BCUT2D eigenvalue weighted by Gasteiger charge is 2.12. The van der Waals surface area contributed by atoms with Crippen molar-refractivity contribution in [2.45, 2.75) is 13.8 Å². The second-order valence-electron chi connectivity index (χ2n) is 5.24. The summed E-state index contributed by atoms with van der Waals surface area (Å²) in [7, 11) is 0. The first-order valence-corrected chi connectivity index (χ1v) is 8.56. The Bertz CT molecular complexity index is 760. The van der Waals surface area contributed by atoms with Gasteiger partial charge >= 0.3 is 0 Å². The molecule has 0 unspecified atom stereocenters. The summed E-state index contributed by atoms with van der Waals surface area (Å²) < 4.78 is 6.16. The van der Waals surface area contributed by atoms with Crippen LogP contribution >= 0.6 is 34.2 Å². The minimum atomic E-state index is -0.459. The highest BCUT2D eigenvalue weighted by atomic mass is 127. The lowest BCUT2D eigenvalue weighted by Gasteiger charge is -2.10. The van der Waals surface area contributed by atoms with E-state index in [1.165, 1.54) is 6.07 Å². The highest BCUT2D eigenvalue weighted by molar-refractivity contribution is 14.1. The summed E-state index contributed by atoms with van der Waals surface area (Å²) in [4.78, 5) is 23.9. The minimum absolute atomic E-state index is 0.199. The molecule has 2 aromatic carbocycles. The van der Waals surface area contributed by atoms with Gasteiger partial charge in [0.05, 0.1) is 5.56 Å². The number of rotatable bonds is 4. The summed E-state index contributed by atoms with van der Waals surface area (Å²) in [6, 6.07) is 10.6. The third kappa shape index (κ3) is 5.38. The molecule has 5 nitrogen and oxygen atoms in total. The monoisotopic (exact) mass is 458 g/mol. The zero-order chi connectivity index (χ0) is 17.7. The maximum atomic E-state index is 12.1. The quantitative estimate of drug-likeness (QED) is 0.545. The van der Waals surface area contributed by atoms with Crippen molar-refractivity contribution in [3.8, 4) is 5.75 Å². The summed E-state index contributed by atoms with van der Waals surface area (Å²) in [6.07, 6.45) is 0. The molecule has 2 N–H and O–H groups in total. The lowest BCUT2D eigenvalue weighted by molar-refractivity contribution is -0.123. The Labute approximate surface area is 158 Å². The Morgan fingerprint density at radius 1 is 1.08 bits per heavy atom. The molecule has 0 radical (unpaired) electrons. The van der Waals surface area contributed by atoms with Crippen LogP contribution in [0.1, 0.15) is 21.5 Å². The lowest BCUT2D eigenvalue weighted by atomic mass is 10.1. The van der Waals surface area contributed by atoms with Crippen LogP contribution < -0.4 is 15.6 Å². The van der Waals surface area contributed by atoms with Crippen molar-refractivity contribution in [1.29, 1.82) is 0 Å². The molecule has 0 atom stereocenters. The second-order valence-corrected chi connectivity index (χ2v) is 6.84. The van der Waals surface area contributed by atoms with E-state index in [9.17, 15) is 9.59 Å². The van der Waals surface area contributed by atoms with Crippen LogP contribution in [0.25, 0.3) is 0 Å². The molecule has 0 saturated carbocycles. The van der Waals surface area contributed by atoms with E-state index in [0.29, 0.717) is 16.3 Å². The summed E-state index contributed by atoms with van der Waals surface area (Å²) >= 11 is 7.90. The molecule has 0 aliphatic rings. The van der Waals surface area contributed by atoms with Crippen molar-refractivity contribution in [2.75, 3.05) is 6.61 Å². The van der Waals surface area contributed by atoms with Gasteiger partial charge in [0.25, 0.3) is 11.8 Å². The Hall–Kier alpha value is -1.80. The van der Waals surface area contributed by atoms with Gasteiger partial charge in [-0.3, -0.25) is 20.4 Å². The van der Waals surface area contributed by atoms with Crippen LogP contribution in [0.4, 0.5) is 0 Å². The van der Waals surface area contributed by atoms with E-state index in [1.807, 2.05) is 54.6 Å². The molecule has 2 amide bonds. The molecular formula is C17H16ClIN2O3. The van der Waals surface area contributed by atoms with E-state index in [2.05, 4.69) is 10.9 Å². The van der Waals surface area contributed by atoms with Gasteiger partial charge in [-0.15, -0.1) is 0 Å². The van der Waals surface area contributed by atoms with Gasteiger partial charge in [-0.25, -0.2) is 0 Å². The third-order valence-electron chi connectivity index (χ3n) is 3.05. The Balaban J connectivity index is 1.86. The lowest BCUT2D eigenvalue weighted by Crippen LogP contribution is -2.44. The molecule has 7 heteroatoms. The largest absolute Gasteiger partial charge is 0.484 e. The van der Waals surface area contributed by atoms with E-state index >= 15 is 0 Å². The molecule has 2 rings (SSSR count). The van der Waals surface area contributed by atoms with E-state index in [1.54, 1.807) is 12.1 Å². The van der Waals surface area contributed by atoms with Gasteiger partial charge in [0.15, 0.2) is 6.61 Å². The summed E-state index contributed by atoms with van der Waals surface area (Å²) in [5, 5.41) is 0.449. The number of hydrazine groups is 1. The summed E-state index contributed by atoms with van der Waals surface area (Å²) in [6.45, 7) is 3.70. The zero-order valence-electron chi connectivity index (χ0n) is 13.2. The van der Waals surface area contributed by atoms with Crippen LogP contribution in [0.2, 0.25) is 5.02 Å². The minimum Gasteiger partial charge on any atom is -0.484 e. The molecule has 0 bridgehead atoms. The SMILES string of the molecule is Cc1cc(C)cc(OCC(=O)NNC(=O)c2cc(Cl)ccc2I)c1. The number of ether oxygens (including phenoxy) is 1. The molecule has 2 aromatic rings. The van der Waals surface area contributed by atoms with Crippen LogP contribution in [0.5, 0.6) is 5.75 Å². The van der Waals surface area contributed by atoms with Gasteiger partial charge in [0, 0.05) is 8.59 Å². The van der Waals surface area contributed by atoms with Gasteiger partial charge < -0.3 is 4.74 Å². The van der Waals surface area contributed by atoms with Gasteiger partial charge in [0.1, 0.15) is 5.75 Å². The first-order valence-electron chi connectivity index (χ1n) is 7.10. The van der Waals surface area contributed by atoms with Crippen molar-refractivity contribution in [1.82, 2.24) is 10.9 Å². The summed E-state index contributed by atoms with van der Waals surface area (Å²) in [5.41, 5.74) is 7.15. The summed E-state index contributed by atoms with van der Waals surface area (Å²) in [5.74, 6) is -0.292. The van der Waals surface area contributed by atoms with Gasteiger partial charge in [0.2, 0.25) is 0 Å². The smallest absolute Gasteiger partial charge is 0.276 e. The zero-order valence-corrected chi connectivity index (χ0v) is 16.1. The van der Waals surface area contributed by atoms with E-state index in [-0.39, 0.29) is 6.61 Å². The van der Waals surface area contributed by atoms with E-state index in [0.717, 1.165) is 14.7 Å². The molecule has 0 aromatic heterocycles. The second kappa shape index (κ2) is 8.34. The topological polar surface area (TPSA) is 67.4 Å². The molecule has 0 spiro atoms. The normalized spacial score (nSPS) is 10.2. The number of hydrogen-bond acceptors (Lipinski definition) is 3. The average molecular weight is 459 g/mol. The van der Waals surface area contributed by atoms with E-state index < -0.39 is 11.8 Å².